The molecule has 1 atom stereocenters. The molecule has 168 valence electrons. The summed E-state index contributed by atoms with van der Waals surface area (Å²) in [5.41, 5.74) is 3.21. The zero-order valence-electron chi connectivity index (χ0n) is 18.8. The number of rotatable bonds is 10. The number of nitrogens with one attached hydrogen (secondary N) is 1. The number of carbonyl (C=O) groups is 2. The van der Waals surface area contributed by atoms with Gasteiger partial charge in [-0.25, -0.2) is 0 Å². The second-order valence-electron chi connectivity index (χ2n) is 8.26. The molecule has 0 aliphatic heterocycles. The van der Waals surface area contributed by atoms with E-state index in [0.717, 1.165) is 17.5 Å². The van der Waals surface area contributed by atoms with E-state index in [2.05, 4.69) is 36.5 Å². The number of amides is 2. The number of hydrogen-bond acceptors (Lipinski definition) is 2. The summed E-state index contributed by atoms with van der Waals surface area (Å²) < 4.78 is 0. The van der Waals surface area contributed by atoms with E-state index < -0.39 is 6.04 Å². The highest BCUT2D eigenvalue weighted by Crippen LogP contribution is 2.24. The maximum absolute atomic E-state index is 13.2. The van der Waals surface area contributed by atoms with Gasteiger partial charge in [-0.3, -0.25) is 9.59 Å². The molecule has 2 amide bonds. The summed E-state index contributed by atoms with van der Waals surface area (Å²) in [5.74, 6) is 0.105. The third kappa shape index (κ3) is 7.86. The molecule has 1 N–H and O–H groups in total. The standard InChI is InChI=1S/C25H32Cl2N2O2/c1-5-19-6-8-20(9-7-19)11-13-24(30)29(18(4)25(31)28-15-17(2)3)16-21-10-12-22(26)23(27)14-21/h6-10,12,14,17-18H,5,11,13,15-16H2,1-4H3,(H,28,31)/t18-/m1/s1. The Morgan fingerprint density at radius 1 is 0.935 bits per heavy atom. The molecular formula is C25H32Cl2N2O2. The fraction of sp³-hybridized carbons (Fsp3) is 0.440. The van der Waals surface area contributed by atoms with Crippen molar-refractivity contribution in [1.29, 1.82) is 0 Å². The van der Waals surface area contributed by atoms with Gasteiger partial charge < -0.3 is 10.2 Å². The van der Waals surface area contributed by atoms with Gasteiger partial charge in [-0.15, -0.1) is 0 Å². The van der Waals surface area contributed by atoms with Crippen molar-refractivity contribution in [2.24, 2.45) is 5.92 Å². The van der Waals surface area contributed by atoms with Gasteiger partial charge in [0.25, 0.3) is 0 Å². The maximum Gasteiger partial charge on any atom is 0.242 e. The number of benzene rings is 2. The number of carbonyl (C=O) groups excluding carboxylic acids is 2. The van der Waals surface area contributed by atoms with E-state index in [4.69, 9.17) is 23.2 Å². The first kappa shape index (κ1) is 25.2. The fourth-order valence-electron chi connectivity index (χ4n) is 3.21. The first-order valence-corrected chi connectivity index (χ1v) is 11.6. The lowest BCUT2D eigenvalue weighted by Crippen LogP contribution is -2.48. The average molecular weight is 463 g/mol. The lowest BCUT2D eigenvalue weighted by molar-refractivity contribution is -0.140. The van der Waals surface area contributed by atoms with Crippen molar-refractivity contribution < 1.29 is 9.59 Å². The molecule has 0 aliphatic rings. The third-order valence-corrected chi connectivity index (χ3v) is 5.99. The highest BCUT2D eigenvalue weighted by atomic mass is 35.5. The molecule has 0 unspecified atom stereocenters. The minimum Gasteiger partial charge on any atom is -0.354 e. The first-order chi connectivity index (χ1) is 14.7. The summed E-state index contributed by atoms with van der Waals surface area (Å²) in [6.45, 7) is 8.82. The Labute approximate surface area is 195 Å². The molecule has 0 heterocycles. The molecule has 31 heavy (non-hydrogen) atoms. The van der Waals surface area contributed by atoms with Crippen LogP contribution in [0, 0.1) is 5.92 Å². The van der Waals surface area contributed by atoms with Crippen LogP contribution >= 0.6 is 23.2 Å². The molecule has 0 fully saturated rings. The monoisotopic (exact) mass is 462 g/mol. The molecule has 0 radical (unpaired) electrons. The van der Waals surface area contributed by atoms with E-state index in [0.29, 0.717) is 41.9 Å². The molecule has 0 bridgehead atoms. The van der Waals surface area contributed by atoms with E-state index in [-0.39, 0.29) is 11.8 Å². The van der Waals surface area contributed by atoms with Crippen LogP contribution < -0.4 is 5.32 Å². The van der Waals surface area contributed by atoms with Crippen LogP contribution in [0.15, 0.2) is 42.5 Å². The Hall–Kier alpha value is -2.04. The molecule has 2 aromatic carbocycles. The van der Waals surface area contributed by atoms with Crippen LogP contribution in [-0.2, 0) is 29.0 Å². The fourth-order valence-corrected chi connectivity index (χ4v) is 3.53. The number of nitrogens with zero attached hydrogens (tertiary/aromatic N) is 1. The second kappa shape index (κ2) is 12.1. The Balaban J connectivity index is 2.14. The molecule has 0 aromatic heterocycles. The molecule has 6 heteroatoms. The summed E-state index contributed by atoms with van der Waals surface area (Å²) in [4.78, 5) is 27.5. The summed E-state index contributed by atoms with van der Waals surface area (Å²) in [7, 11) is 0. The SMILES string of the molecule is CCc1ccc(CCC(=O)N(Cc2ccc(Cl)c(Cl)c2)[C@H](C)C(=O)NCC(C)C)cc1. The van der Waals surface area contributed by atoms with E-state index in [1.54, 1.807) is 24.0 Å². The van der Waals surface area contributed by atoms with E-state index >= 15 is 0 Å². The zero-order chi connectivity index (χ0) is 23.0. The predicted molar refractivity (Wildman–Crippen MR) is 128 cm³/mol. The normalized spacial score (nSPS) is 12.0. The van der Waals surface area contributed by atoms with Gasteiger partial charge in [0.15, 0.2) is 0 Å². The third-order valence-electron chi connectivity index (χ3n) is 5.25. The molecule has 2 rings (SSSR count). The van der Waals surface area contributed by atoms with Crippen molar-refractivity contribution >= 4 is 35.0 Å². The molecule has 2 aromatic rings. The molecule has 0 spiro atoms. The lowest BCUT2D eigenvalue weighted by atomic mass is 10.0. The Morgan fingerprint density at radius 3 is 2.13 bits per heavy atom. The van der Waals surface area contributed by atoms with Gasteiger partial charge in [0.1, 0.15) is 6.04 Å². The lowest BCUT2D eigenvalue weighted by Gasteiger charge is -2.29. The topological polar surface area (TPSA) is 49.4 Å². The average Bonchev–Trinajstić information content (AvgIpc) is 2.76. The van der Waals surface area contributed by atoms with Crippen molar-refractivity contribution in [3.63, 3.8) is 0 Å². The maximum atomic E-state index is 13.2. The van der Waals surface area contributed by atoms with Crippen LogP contribution in [0.25, 0.3) is 0 Å². The number of aryl methyl sites for hydroxylation is 2. The summed E-state index contributed by atoms with van der Waals surface area (Å²) in [6.07, 6.45) is 1.94. The minimum atomic E-state index is -0.594. The van der Waals surface area contributed by atoms with Crippen molar-refractivity contribution in [2.75, 3.05) is 6.54 Å². The van der Waals surface area contributed by atoms with Crippen molar-refractivity contribution in [2.45, 2.75) is 59.5 Å². The van der Waals surface area contributed by atoms with Crippen LogP contribution in [0.1, 0.15) is 50.8 Å². The van der Waals surface area contributed by atoms with Crippen molar-refractivity contribution in [3.05, 3.63) is 69.2 Å². The van der Waals surface area contributed by atoms with Gasteiger partial charge in [0.05, 0.1) is 10.0 Å². The van der Waals surface area contributed by atoms with Gasteiger partial charge in [-0.2, -0.15) is 0 Å². The molecule has 0 saturated carbocycles. The largest absolute Gasteiger partial charge is 0.354 e. The Morgan fingerprint density at radius 2 is 1.55 bits per heavy atom. The molecule has 0 aliphatic carbocycles. The van der Waals surface area contributed by atoms with Gasteiger partial charge in [0, 0.05) is 19.5 Å². The second-order valence-corrected chi connectivity index (χ2v) is 9.07. The van der Waals surface area contributed by atoms with E-state index in [9.17, 15) is 9.59 Å². The first-order valence-electron chi connectivity index (χ1n) is 10.8. The molecular weight excluding hydrogens is 431 g/mol. The van der Waals surface area contributed by atoms with Crippen molar-refractivity contribution in [1.82, 2.24) is 10.2 Å². The highest BCUT2D eigenvalue weighted by Gasteiger charge is 2.26. The quantitative estimate of drug-likeness (QED) is 0.493. The Kier molecular flexibility index (Phi) is 9.86. The van der Waals surface area contributed by atoms with E-state index in [1.807, 2.05) is 19.9 Å². The van der Waals surface area contributed by atoms with Gasteiger partial charge >= 0.3 is 0 Å². The number of halogens is 2. The molecule has 4 nitrogen and oxygen atoms in total. The number of hydrogen-bond donors (Lipinski definition) is 1. The van der Waals surface area contributed by atoms with Crippen LogP contribution in [0.5, 0.6) is 0 Å². The minimum absolute atomic E-state index is 0.0714. The van der Waals surface area contributed by atoms with Crippen LogP contribution in [0.4, 0.5) is 0 Å². The van der Waals surface area contributed by atoms with Gasteiger partial charge in [0.2, 0.25) is 11.8 Å². The van der Waals surface area contributed by atoms with Crippen LogP contribution in [-0.4, -0.2) is 29.3 Å². The Bertz CT molecular complexity index is 882. The molecule has 0 saturated heterocycles. The van der Waals surface area contributed by atoms with E-state index in [1.165, 1.54) is 5.56 Å². The van der Waals surface area contributed by atoms with Crippen LogP contribution in [0.2, 0.25) is 10.0 Å². The smallest absolute Gasteiger partial charge is 0.242 e. The summed E-state index contributed by atoms with van der Waals surface area (Å²) in [6, 6.07) is 13.0. The van der Waals surface area contributed by atoms with Crippen molar-refractivity contribution in [3.8, 4) is 0 Å². The van der Waals surface area contributed by atoms with Crippen LogP contribution in [0.3, 0.4) is 0 Å². The highest BCUT2D eigenvalue weighted by molar-refractivity contribution is 6.42. The van der Waals surface area contributed by atoms with Gasteiger partial charge in [-0.1, -0.05) is 74.3 Å². The predicted octanol–water partition coefficient (Wildman–Crippen LogP) is 5.68. The van der Waals surface area contributed by atoms with Gasteiger partial charge in [-0.05, 0) is 54.5 Å². The summed E-state index contributed by atoms with van der Waals surface area (Å²) in [5, 5.41) is 3.82. The summed E-state index contributed by atoms with van der Waals surface area (Å²) >= 11 is 12.2. The zero-order valence-corrected chi connectivity index (χ0v) is 20.3.